The normalized spacial score (nSPS) is 18.0. The lowest BCUT2D eigenvalue weighted by Crippen LogP contribution is -2.65. The number of aliphatic hydroxyl groups excluding tert-OH is 4. The van der Waals surface area contributed by atoms with E-state index in [0.29, 0.717) is 0 Å². The summed E-state index contributed by atoms with van der Waals surface area (Å²) in [6.07, 6.45) is -9.08. The predicted octanol–water partition coefficient (Wildman–Crippen LogP) is 0.234. The largest absolute Gasteiger partial charge is 0.390 e. The van der Waals surface area contributed by atoms with Crippen molar-refractivity contribution in [2.75, 3.05) is 13.2 Å². The maximum atomic E-state index is 13.0. The van der Waals surface area contributed by atoms with Gasteiger partial charge in [-0.15, -0.1) is 0 Å². The molecule has 4 nitrogen and oxygen atoms in total. The van der Waals surface area contributed by atoms with Crippen molar-refractivity contribution in [3.8, 4) is 0 Å². The van der Waals surface area contributed by atoms with Crippen LogP contribution in [-0.2, 0) is 0 Å². The molecule has 0 rings (SSSR count). The van der Waals surface area contributed by atoms with Gasteiger partial charge in [0, 0.05) is 0 Å². The Morgan fingerprint density at radius 2 is 0.800 bits per heavy atom. The average Bonchev–Trinajstić information content (AvgIpc) is 2.36. The van der Waals surface area contributed by atoms with Crippen LogP contribution in [0, 0.1) is 0 Å². The van der Waals surface area contributed by atoms with Gasteiger partial charge in [0.15, 0.2) is 12.2 Å². The van der Waals surface area contributed by atoms with Gasteiger partial charge in [-0.3, -0.25) is 0 Å². The van der Waals surface area contributed by atoms with Crippen molar-refractivity contribution in [2.24, 2.45) is 0 Å². The number of alkyl halides is 8. The third-order valence-corrected chi connectivity index (χ3v) is 2.35. The van der Waals surface area contributed by atoms with Crippen LogP contribution >= 0.6 is 0 Å². The monoisotopic (exact) mass is 322 g/mol. The second-order valence-corrected chi connectivity index (χ2v) is 3.89. The summed E-state index contributed by atoms with van der Waals surface area (Å²) in [6, 6.07) is 0. The fourth-order valence-corrected chi connectivity index (χ4v) is 1.07. The van der Waals surface area contributed by atoms with Crippen LogP contribution in [0.25, 0.3) is 0 Å². The Kier molecular flexibility index (Phi) is 5.38. The quantitative estimate of drug-likeness (QED) is 0.506. The van der Waals surface area contributed by atoms with Crippen molar-refractivity contribution in [3.63, 3.8) is 0 Å². The van der Waals surface area contributed by atoms with E-state index in [1.54, 1.807) is 0 Å². The van der Waals surface area contributed by atoms with Crippen LogP contribution < -0.4 is 0 Å². The minimum atomic E-state index is -6.21. The molecule has 20 heavy (non-hydrogen) atoms. The molecule has 0 saturated heterocycles. The van der Waals surface area contributed by atoms with Crippen molar-refractivity contribution in [1.82, 2.24) is 0 Å². The summed E-state index contributed by atoms with van der Waals surface area (Å²) < 4.78 is 102. The zero-order valence-electron chi connectivity index (χ0n) is 9.38. The minimum Gasteiger partial charge on any atom is -0.390 e. The van der Waals surface area contributed by atoms with Gasteiger partial charge in [-0.2, -0.15) is 17.6 Å². The number of rotatable bonds is 7. The van der Waals surface area contributed by atoms with Crippen LogP contribution in [0.3, 0.4) is 0 Å². The third-order valence-electron chi connectivity index (χ3n) is 2.35. The van der Waals surface area contributed by atoms with Crippen LogP contribution in [-0.4, -0.2) is 69.5 Å². The van der Waals surface area contributed by atoms with E-state index in [4.69, 9.17) is 20.4 Å². The molecule has 0 aliphatic carbocycles. The first-order chi connectivity index (χ1) is 8.68. The van der Waals surface area contributed by atoms with Gasteiger partial charge in [0.05, 0.1) is 0 Å². The molecule has 122 valence electrons. The average molecular weight is 322 g/mol. The molecule has 0 bridgehead atoms. The molecule has 2 unspecified atom stereocenters. The summed E-state index contributed by atoms with van der Waals surface area (Å²) in [7, 11) is 0. The van der Waals surface area contributed by atoms with Gasteiger partial charge in [0.1, 0.15) is 13.2 Å². The van der Waals surface area contributed by atoms with Crippen molar-refractivity contribution in [1.29, 1.82) is 0 Å². The van der Waals surface area contributed by atoms with E-state index in [1.165, 1.54) is 0 Å². The highest BCUT2D eigenvalue weighted by molar-refractivity contribution is 5.03. The van der Waals surface area contributed by atoms with E-state index < -0.39 is 49.1 Å². The molecule has 4 N–H and O–H groups in total. The van der Waals surface area contributed by atoms with E-state index in [1.807, 2.05) is 0 Å². The van der Waals surface area contributed by atoms with E-state index in [9.17, 15) is 35.1 Å². The van der Waals surface area contributed by atoms with Crippen LogP contribution in [0.1, 0.15) is 0 Å². The van der Waals surface area contributed by atoms with Gasteiger partial charge in [0.2, 0.25) is 0 Å². The molecular weight excluding hydrogens is 312 g/mol. The summed E-state index contributed by atoms with van der Waals surface area (Å²) in [6.45, 7) is -4.93. The molecule has 0 heterocycles. The SMILES string of the molecule is OCC(F)(F)C(O)C(F)(F)C(F)(F)C(O)C(F)(F)CO. The molecule has 0 fully saturated rings. The highest BCUT2D eigenvalue weighted by atomic mass is 19.3. The van der Waals surface area contributed by atoms with Gasteiger partial charge in [0.25, 0.3) is 0 Å². The summed E-state index contributed by atoms with van der Waals surface area (Å²) in [4.78, 5) is 0. The van der Waals surface area contributed by atoms with E-state index >= 15 is 0 Å². The molecular formula is C8H10F8O4. The van der Waals surface area contributed by atoms with Gasteiger partial charge in [-0.05, 0) is 0 Å². The van der Waals surface area contributed by atoms with E-state index in [2.05, 4.69) is 0 Å². The highest BCUT2D eigenvalue weighted by Crippen LogP contribution is 2.46. The van der Waals surface area contributed by atoms with Gasteiger partial charge < -0.3 is 20.4 Å². The molecule has 0 aliphatic heterocycles. The predicted molar refractivity (Wildman–Crippen MR) is 46.0 cm³/mol. The fourth-order valence-electron chi connectivity index (χ4n) is 1.07. The van der Waals surface area contributed by atoms with Crippen LogP contribution in [0.5, 0.6) is 0 Å². The molecule has 0 aromatic heterocycles. The van der Waals surface area contributed by atoms with Crippen molar-refractivity contribution < 1.29 is 55.5 Å². The lowest BCUT2D eigenvalue weighted by Gasteiger charge is -2.37. The van der Waals surface area contributed by atoms with E-state index in [-0.39, 0.29) is 0 Å². The first kappa shape index (κ1) is 19.3. The third kappa shape index (κ3) is 3.13. The molecule has 12 heteroatoms. The maximum Gasteiger partial charge on any atom is 0.344 e. The lowest BCUT2D eigenvalue weighted by molar-refractivity contribution is -0.345. The zero-order chi connectivity index (χ0) is 16.6. The van der Waals surface area contributed by atoms with Crippen molar-refractivity contribution in [3.05, 3.63) is 0 Å². The lowest BCUT2D eigenvalue weighted by atomic mass is 9.93. The Morgan fingerprint density at radius 1 is 0.600 bits per heavy atom. The molecule has 0 saturated carbocycles. The first-order valence-electron chi connectivity index (χ1n) is 4.77. The molecule has 0 radical (unpaired) electrons. The Morgan fingerprint density at radius 3 is 0.950 bits per heavy atom. The number of hydrogen-bond donors (Lipinski definition) is 4. The second-order valence-electron chi connectivity index (χ2n) is 3.89. The summed E-state index contributed by atoms with van der Waals surface area (Å²) >= 11 is 0. The van der Waals surface area contributed by atoms with Crippen LogP contribution in [0.4, 0.5) is 35.1 Å². The highest BCUT2D eigenvalue weighted by Gasteiger charge is 2.73. The minimum absolute atomic E-state index is 2.47. The first-order valence-corrected chi connectivity index (χ1v) is 4.77. The van der Waals surface area contributed by atoms with Gasteiger partial charge in [-0.25, -0.2) is 17.6 Å². The standard InChI is InChI=1S/C8H10F8O4/c9-5(10,1-17)3(19)7(13,14)8(15,16)4(20)6(11,12)2-18/h3-4,17-20H,1-2H2. The fraction of sp³-hybridized carbons (Fsp3) is 1.00. The maximum absolute atomic E-state index is 13.0. The summed E-state index contributed by atoms with van der Waals surface area (Å²) in [5, 5.41) is 32.9. The molecule has 0 amide bonds. The summed E-state index contributed by atoms with van der Waals surface area (Å²) in [5.74, 6) is -22.7. The Bertz CT molecular complexity index is 302. The molecule has 0 aromatic carbocycles. The topological polar surface area (TPSA) is 80.9 Å². The van der Waals surface area contributed by atoms with Crippen molar-refractivity contribution >= 4 is 0 Å². The van der Waals surface area contributed by atoms with Gasteiger partial charge >= 0.3 is 23.7 Å². The Balaban J connectivity index is 5.57. The summed E-state index contributed by atoms with van der Waals surface area (Å²) in [5.41, 5.74) is 0. The second kappa shape index (κ2) is 5.58. The van der Waals surface area contributed by atoms with Gasteiger partial charge in [-0.1, -0.05) is 0 Å². The number of hydrogen-bond acceptors (Lipinski definition) is 4. The zero-order valence-corrected chi connectivity index (χ0v) is 9.38. The smallest absolute Gasteiger partial charge is 0.344 e. The molecule has 0 spiro atoms. The molecule has 2 atom stereocenters. The Labute approximate surface area is 106 Å². The van der Waals surface area contributed by atoms with Crippen molar-refractivity contribution in [2.45, 2.75) is 35.9 Å². The molecule has 0 aliphatic rings. The van der Waals surface area contributed by atoms with Crippen LogP contribution in [0.2, 0.25) is 0 Å². The molecule has 0 aromatic rings. The Hall–Kier alpha value is -0.720. The number of halogens is 8. The number of aliphatic hydroxyl groups is 4. The van der Waals surface area contributed by atoms with E-state index in [0.717, 1.165) is 0 Å². The van der Waals surface area contributed by atoms with Crippen LogP contribution in [0.15, 0.2) is 0 Å².